The van der Waals surface area contributed by atoms with Crippen LogP contribution in [-0.2, 0) is 4.79 Å². The van der Waals surface area contributed by atoms with Gasteiger partial charge in [-0.3, -0.25) is 9.69 Å². The van der Waals surface area contributed by atoms with Gasteiger partial charge in [-0.1, -0.05) is 6.07 Å². The number of benzene rings is 1. The molecule has 5 nitrogen and oxygen atoms in total. The summed E-state index contributed by atoms with van der Waals surface area (Å²) in [5.41, 5.74) is 2.96. The van der Waals surface area contributed by atoms with Crippen molar-refractivity contribution in [1.29, 1.82) is 0 Å². The molecule has 1 aromatic heterocycles. The number of carbonyl (C=O) groups excluding carboxylic acids is 1. The topological polar surface area (TPSA) is 54.5 Å². The highest BCUT2D eigenvalue weighted by atomic mass is 32.1. The van der Waals surface area contributed by atoms with Crippen LogP contribution in [0, 0.1) is 5.92 Å². The minimum absolute atomic E-state index is 0.0864. The van der Waals surface area contributed by atoms with Crippen molar-refractivity contribution in [1.82, 2.24) is 15.2 Å². The summed E-state index contributed by atoms with van der Waals surface area (Å²) in [4.78, 5) is 19.1. The zero-order valence-electron chi connectivity index (χ0n) is 15.0. The molecule has 1 aliphatic heterocycles. The van der Waals surface area contributed by atoms with Crippen molar-refractivity contribution in [3.8, 4) is 5.75 Å². The van der Waals surface area contributed by atoms with Crippen LogP contribution >= 0.6 is 11.3 Å². The standard InChI is InChI=1S/C19H25N3O2S/c1-19(2,3)22-9-13(10-22)21-18(23)12-7-14(8-12)24-15-5-4-6-16-17(15)20-11-25-16/h4-6,11-14H,7-10H2,1-3H3,(H,21,23). The zero-order valence-corrected chi connectivity index (χ0v) is 15.8. The summed E-state index contributed by atoms with van der Waals surface area (Å²) < 4.78 is 7.20. The smallest absolute Gasteiger partial charge is 0.223 e. The fourth-order valence-corrected chi connectivity index (χ4v) is 4.14. The number of nitrogens with one attached hydrogen (secondary N) is 1. The maximum Gasteiger partial charge on any atom is 0.223 e. The van der Waals surface area contributed by atoms with E-state index in [1.807, 2.05) is 17.6 Å². The second-order valence-electron chi connectivity index (χ2n) is 8.14. The van der Waals surface area contributed by atoms with E-state index in [1.165, 1.54) is 0 Å². The van der Waals surface area contributed by atoms with Gasteiger partial charge in [-0.2, -0.15) is 0 Å². The van der Waals surface area contributed by atoms with Crippen LogP contribution in [0.4, 0.5) is 0 Å². The molecule has 0 bridgehead atoms. The number of hydrogen-bond donors (Lipinski definition) is 1. The molecule has 0 radical (unpaired) electrons. The fourth-order valence-electron chi connectivity index (χ4n) is 3.45. The molecule has 0 atom stereocenters. The number of fused-ring (bicyclic) bond motifs is 1. The quantitative estimate of drug-likeness (QED) is 0.912. The molecule has 25 heavy (non-hydrogen) atoms. The SMILES string of the molecule is CC(C)(C)N1CC(NC(=O)C2CC(Oc3cccc4scnc34)C2)C1. The van der Waals surface area contributed by atoms with Crippen molar-refractivity contribution in [2.45, 2.75) is 51.3 Å². The molecular weight excluding hydrogens is 334 g/mol. The summed E-state index contributed by atoms with van der Waals surface area (Å²) >= 11 is 1.62. The summed E-state index contributed by atoms with van der Waals surface area (Å²) in [5.74, 6) is 1.11. The molecule has 6 heteroatoms. The molecule has 1 saturated carbocycles. The van der Waals surface area contributed by atoms with Crippen LogP contribution in [0.3, 0.4) is 0 Å². The van der Waals surface area contributed by atoms with Gasteiger partial charge in [0.15, 0.2) is 0 Å². The van der Waals surface area contributed by atoms with Gasteiger partial charge in [0, 0.05) is 24.5 Å². The number of nitrogens with zero attached hydrogens (tertiary/aromatic N) is 2. The van der Waals surface area contributed by atoms with E-state index in [0.717, 1.165) is 41.9 Å². The first-order chi connectivity index (χ1) is 11.9. The third-order valence-electron chi connectivity index (χ3n) is 5.26. The zero-order chi connectivity index (χ0) is 17.6. The third kappa shape index (κ3) is 3.37. The molecule has 2 aromatic rings. The van der Waals surface area contributed by atoms with Gasteiger partial charge < -0.3 is 10.1 Å². The van der Waals surface area contributed by atoms with Crippen molar-refractivity contribution in [2.24, 2.45) is 5.92 Å². The highest BCUT2D eigenvalue weighted by Gasteiger charge is 2.40. The lowest BCUT2D eigenvalue weighted by Crippen LogP contribution is -2.65. The Kier molecular flexibility index (Phi) is 4.20. The Morgan fingerprint density at radius 1 is 1.32 bits per heavy atom. The molecule has 1 saturated heterocycles. The monoisotopic (exact) mass is 359 g/mol. The van der Waals surface area contributed by atoms with Gasteiger partial charge in [0.05, 0.1) is 16.3 Å². The summed E-state index contributed by atoms with van der Waals surface area (Å²) in [5, 5.41) is 3.18. The Bertz CT molecular complexity index is 770. The maximum absolute atomic E-state index is 12.4. The highest BCUT2D eigenvalue weighted by Crippen LogP contribution is 2.35. The van der Waals surface area contributed by atoms with E-state index >= 15 is 0 Å². The van der Waals surface area contributed by atoms with Gasteiger partial charge in [-0.05, 0) is 45.7 Å². The molecule has 2 fully saturated rings. The van der Waals surface area contributed by atoms with Crippen LogP contribution in [0.15, 0.2) is 23.7 Å². The van der Waals surface area contributed by atoms with Crippen LogP contribution in [0.1, 0.15) is 33.6 Å². The summed E-state index contributed by atoms with van der Waals surface area (Å²) in [6.07, 6.45) is 1.71. The Balaban J connectivity index is 1.24. The van der Waals surface area contributed by atoms with Gasteiger partial charge >= 0.3 is 0 Å². The van der Waals surface area contributed by atoms with Crippen LogP contribution in [0.2, 0.25) is 0 Å². The first-order valence-corrected chi connectivity index (χ1v) is 9.82. The molecule has 0 unspecified atom stereocenters. The third-order valence-corrected chi connectivity index (χ3v) is 6.05. The number of hydrogen-bond acceptors (Lipinski definition) is 5. The van der Waals surface area contributed by atoms with Gasteiger partial charge in [-0.15, -0.1) is 11.3 Å². The predicted molar refractivity (Wildman–Crippen MR) is 100 cm³/mol. The van der Waals surface area contributed by atoms with E-state index in [9.17, 15) is 4.79 Å². The van der Waals surface area contributed by atoms with Crippen molar-refractivity contribution in [2.75, 3.05) is 13.1 Å². The normalized spacial score (nSPS) is 24.6. The predicted octanol–water partition coefficient (Wildman–Crippen LogP) is 3.05. The molecule has 0 spiro atoms. The molecule has 4 rings (SSSR count). The Hall–Kier alpha value is -1.66. The number of thiazole rings is 1. The Labute approximate surface area is 152 Å². The average molecular weight is 359 g/mol. The second-order valence-corrected chi connectivity index (χ2v) is 9.03. The maximum atomic E-state index is 12.4. The Morgan fingerprint density at radius 3 is 2.80 bits per heavy atom. The summed E-state index contributed by atoms with van der Waals surface area (Å²) in [6.45, 7) is 8.53. The van der Waals surface area contributed by atoms with Gasteiger partial charge in [0.1, 0.15) is 17.4 Å². The Morgan fingerprint density at radius 2 is 2.08 bits per heavy atom. The minimum atomic E-state index is 0.0864. The largest absolute Gasteiger partial charge is 0.488 e. The van der Waals surface area contributed by atoms with Crippen molar-refractivity contribution in [3.63, 3.8) is 0 Å². The number of amides is 1. The number of ether oxygens (including phenoxy) is 1. The number of likely N-dealkylation sites (tertiary alicyclic amines) is 1. The molecular formula is C19H25N3O2S. The molecule has 2 heterocycles. The minimum Gasteiger partial charge on any atom is -0.488 e. The first kappa shape index (κ1) is 16.8. The van der Waals surface area contributed by atoms with Crippen LogP contribution in [0.5, 0.6) is 5.75 Å². The molecule has 1 amide bonds. The lowest BCUT2D eigenvalue weighted by atomic mass is 9.81. The van der Waals surface area contributed by atoms with E-state index in [4.69, 9.17) is 4.74 Å². The van der Waals surface area contributed by atoms with E-state index < -0.39 is 0 Å². The van der Waals surface area contributed by atoms with Crippen LogP contribution < -0.4 is 10.1 Å². The lowest BCUT2D eigenvalue weighted by Gasteiger charge is -2.48. The van der Waals surface area contributed by atoms with Gasteiger partial charge in [0.25, 0.3) is 0 Å². The lowest BCUT2D eigenvalue weighted by molar-refractivity contribution is -0.133. The van der Waals surface area contributed by atoms with Gasteiger partial charge in [-0.25, -0.2) is 4.98 Å². The fraction of sp³-hybridized carbons (Fsp3) is 0.579. The van der Waals surface area contributed by atoms with Crippen molar-refractivity contribution in [3.05, 3.63) is 23.7 Å². The van der Waals surface area contributed by atoms with Crippen LogP contribution in [-0.4, -0.2) is 46.6 Å². The average Bonchev–Trinajstić information content (AvgIpc) is 2.93. The molecule has 1 aliphatic carbocycles. The first-order valence-electron chi connectivity index (χ1n) is 8.94. The van der Waals surface area contributed by atoms with E-state index in [1.54, 1.807) is 11.3 Å². The van der Waals surface area contributed by atoms with Crippen molar-refractivity contribution < 1.29 is 9.53 Å². The van der Waals surface area contributed by atoms with E-state index in [2.05, 4.69) is 42.0 Å². The number of carbonyl (C=O) groups is 1. The molecule has 1 aromatic carbocycles. The van der Waals surface area contributed by atoms with Crippen molar-refractivity contribution >= 4 is 27.5 Å². The number of para-hydroxylation sites is 1. The molecule has 134 valence electrons. The molecule has 2 aliphatic rings. The summed E-state index contributed by atoms with van der Waals surface area (Å²) in [7, 11) is 0. The van der Waals surface area contributed by atoms with Gasteiger partial charge in [0.2, 0.25) is 5.91 Å². The summed E-state index contributed by atoms with van der Waals surface area (Å²) in [6, 6.07) is 6.31. The van der Waals surface area contributed by atoms with E-state index in [-0.39, 0.29) is 23.5 Å². The van der Waals surface area contributed by atoms with E-state index in [0.29, 0.717) is 6.04 Å². The second kappa shape index (κ2) is 6.25. The number of aromatic nitrogens is 1. The van der Waals surface area contributed by atoms with Crippen LogP contribution in [0.25, 0.3) is 10.2 Å². The number of rotatable bonds is 4. The molecule has 1 N–H and O–H groups in total. The highest BCUT2D eigenvalue weighted by molar-refractivity contribution is 7.16.